The lowest BCUT2D eigenvalue weighted by Gasteiger charge is -2.02. The molecule has 5 heteroatoms. The number of rotatable bonds is 3. The van der Waals surface area contributed by atoms with E-state index in [-0.39, 0.29) is 0 Å². The molecule has 15 heavy (non-hydrogen) atoms. The maximum absolute atomic E-state index is 9.69. The van der Waals surface area contributed by atoms with Gasteiger partial charge in [0.1, 0.15) is 11.7 Å². The smallest absolute Gasteiger partial charge is 0.126 e. The molecular formula is C10H14F3S2+. The zero-order chi connectivity index (χ0) is 11.7. The van der Waals surface area contributed by atoms with E-state index in [0.29, 0.717) is 0 Å². The monoisotopic (exact) mass is 255 g/mol. The second kappa shape index (κ2) is 8.97. The van der Waals surface area contributed by atoms with Crippen molar-refractivity contribution in [1.82, 2.24) is 0 Å². The molecule has 0 saturated carbocycles. The fraction of sp³-hybridized carbons (Fsp3) is 0.400. The molecule has 1 rings (SSSR count). The zero-order valence-electron chi connectivity index (χ0n) is 8.62. The van der Waals surface area contributed by atoms with Crippen LogP contribution < -0.4 is 0 Å². The molecule has 0 saturated heterocycles. The number of hydrogen-bond donors (Lipinski definition) is 0. The predicted molar refractivity (Wildman–Crippen MR) is 62.7 cm³/mol. The zero-order valence-corrected chi connectivity index (χ0v) is 10.3. The van der Waals surface area contributed by atoms with Crippen LogP contribution in [0.4, 0.5) is 11.7 Å². The average Bonchev–Trinajstić information content (AvgIpc) is 2.15. The Bertz CT molecular complexity index is 237. The van der Waals surface area contributed by atoms with Gasteiger partial charge in [0.05, 0.1) is 0 Å². The Morgan fingerprint density at radius 2 is 1.60 bits per heavy atom. The minimum absolute atomic E-state index is 0.778. The molecular weight excluding hydrogens is 241 g/mol. The third kappa shape index (κ3) is 11.6. The quantitative estimate of drug-likeness (QED) is 0.557. The van der Waals surface area contributed by atoms with Gasteiger partial charge in [-0.3, -0.25) is 0 Å². The molecule has 0 aromatic heterocycles. The van der Waals surface area contributed by atoms with E-state index >= 15 is 0 Å². The highest BCUT2D eigenvalue weighted by molar-refractivity contribution is 7.99. The van der Waals surface area contributed by atoms with Crippen LogP contribution in [0.3, 0.4) is 0 Å². The lowest BCUT2D eigenvalue weighted by Crippen LogP contribution is -1.89. The first-order valence-electron chi connectivity index (χ1n) is 4.43. The van der Waals surface area contributed by atoms with Crippen molar-refractivity contribution in [3.05, 3.63) is 30.3 Å². The first-order chi connectivity index (χ1) is 7.02. The number of halogens is 3. The molecule has 0 radical (unpaired) electrons. The Morgan fingerprint density at radius 3 is 2.00 bits per heavy atom. The summed E-state index contributed by atoms with van der Waals surface area (Å²) in [4.78, 5) is 1.38. The molecule has 0 heterocycles. The molecule has 0 bridgehead atoms. The Balaban J connectivity index is 0.000000423. The molecule has 0 fully saturated rings. The van der Waals surface area contributed by atoms with Crippen molar-refractivity contribution >= 4 is 23.8 Å². The van der Waals surface area contributed by atoms with E-state index in [9.17, 15) is 11.7 Å². The molecule has 0 N–H and O–H groups in total. The van der Waals surface area contributed by atoms with Crippen LogP contribution >= 0.6 is 11.8 Å². The normalized spacial score (nSPS) is 10.1. The van der Waals surface area contributed by atoms with E-state index in [1.807, 2.05) is 11.8 Å². The summed E-state index contributed by atoms with van der Waals surface area (Å²) in [6.07, 6.45) is 0. The summed E-state index contributed by atoms with van der Waals surface area (Å²) in [5.74, 6) is 1.99. The van der Waals surface area contributed by atoms with Gasteiger partial charge in [0.2, 0.25) is 0 Å². The topological polar surface area (TPSA) is 0 Å². The first kappa shape index (κ1) is 14.7. The third-order valence-corrected chi connectivity index (χ3v) is 2.77. The number of thioether (sulfide) groups is 1. The van der Waals surface area contributed by atoms with Gasteiger partial charge >= 0.3 is 12.1 Å². The van der Waals surface area contributed by atoms with E-state index in [1.54, 1.807) is 0 Å². The summed E-state index contributed by atoms with van der Waals surface area (Å²) in [6, 6.07) is 10.5. The van der Waals surface area contributed by atoms with E-state index in [4.69, 9.17) is 0 Å². The summed E-state index contributed by atoms with van der Waals surface area (Å²) in [7, 11) is 0. The maximum atomic E-state index is 9.69. The van der Waals surface area contributed by atoms with E-state index < -0.39 is 12.1 Å². The Labute approximate surface area is 96.5 Å². The van der Waals surface area contributed by atoms with Crippen molar-refractivity contribution in [3.8, 4) is 0 Å². The Hall–Kier alpha value is -0.290. The van der Waals surface area contributed by atoms with Gasteiger partial charge in [0, 0.05) is 10.6 Å². The van der Waals surface area contributed by atoms with Gasteiger partial charge in [-0.15, -0.1) is 11.8 Å². The van der Waals surface area contributed by atoms with Gasteiger partial charge in [0.25, 0.3) is 0 Å². The molecule has 1 aromatic carbocycles. The van der Waals surface area contributed by atoms with Crippen LogP contribution in [0.25, 0.3) is 0 Å². The summed E-state index contributed by atoms with van der Waals surface area (Å²) in [5.41, 5.74) is 0. The minimum atomic E-state index is -3.86. The number of hydrogen-bond acceptors (Lipinski definition) is 1. The van der Waals surface area contributed by atoms with Crippen molar-refractivity contribution in [2.24, 2.45) is 5.92 Å². The highest BCUT2D eigenvalue weighted by Gasteiger charge is 2.14. The predicted octanol–water partition coefficient (Wildman–Crippen LogP) is 4.69. The molecule has 0 aliphatic carbocycles. The lowest BCUT2D eigenvalue weighted by atomic mass is 10.3. The molecule has 0 aliphatic rings. The van der Waals surface area contributed by atoms with Crippen molar-refractivity contribution in [1.29, 1.82) is 0 Å². The molecule has 0 nitrogen and oxygen atoms in total. The Kier molecular flexibility index (Phi) is 8.80. The van der Waals surface area contributed by atoms with Gasteiger partial charge < -0.3 is 0 Å². The van der Waals surface area contributed by atoms with Gasteiger partial charge in [-0.2, -0.15) is 0 Å². The second-order valence-corrected chi connectivity index (χ2v) is 4.64. The van der Waals surface area contributed by atoms with Crippen molar-refractivity contribution < 1.29 is 11.7 Å². The second-order valence-electron chi connectivity index (χ2n) is 3.19. The molecule has 0 spiro atoms. The van der Waals surface area contributed by atoms with Crippen molar-refractivity contribution in [3.63, 3.8) is 0 Å². The fourth-order valence-corrected chi connectivity index (χ4v) is 1.65. The lowest BCUT2D eigenvalue weighted by molar-refractivity contribution is 0.662. The highest BCUT2D eigenvalue weighted by Crippen LogP contribution is 2.19. The number of benzene rings is 1. The van der Waals surface area contributed by atoms with Crippen LogP contribution in [0.5, 0.6) is 0 Å². The van der Waals surface area contributed by atoms with Crippen LogP contribution in [-0.2, 0) is 12.1 Å². The summed E-state index contributed by atoms with van der Waals surface area (Å²) in [6.45, 7) is 4.49. The summed E-state index contributed by atoms with van der Waals surface area (Å²) < 4.78 is 29.1. The van der Waals surface area contributed by atoms with Crippen LogP contribution in [0, 0.1) is 5.92 Å². The van der Waals surface area contributed by atoms with Crippen LogP contribution in [0.15, 0.2) is 35.2 Å². The average molecular weight is 255 g/mol. The fourth-order valence-electron chi connectivity index (χ4n) is 0.780. The van der Waals surface area contributed by atoms with Crippen LogP contribution in [0.1, 0.15) is 13.8 Å². The standard InChI is InChI=1S/C10H14S.F3S/c1-9(2)8-11-10-6-4-3-5-7-10;1-4(2)3/h3-7,9H,8H2,1-2H3;/q;+1. The summed E-state index contributed by atoms with van der Waals surface area (Å²) in [5, 5.41) is 0. The highest BCUT2D eigenvalue weighted by atomic mass is 32.3. The van der Waals surface area contributed by atoms with Crippen molar-refractivity contribution in [2.45, 2.75) is 18.7 Å². The Morgan fingerprint density at radius 1 is 1.13 bits per heavy atom. The van der Waals surface area contributed by atoms with Crippen LogP contribution in [-0.4, -0.2) is 5.75 Å². The minimum Gasteiger partial charge on any atom is -0.126 e. The van der Waals surface area contributed by atoms with Crippen molar-refractivity contribution in [2.75, 3.05) is 5.75 Å². The molecule has 86 valence electrons. The van der Waals surface area contributed by atoms with Crippen LogP contribution in [0.2, 0.25) is 0 Å². The molecule has 0 aliphatic heterocycles. The summed E-state index contributed by atoms with van der Waals surface area (Å²) >= 11 is -1.93. The van der Waals surface area contributed by atoms with Gasteiger partial charge in [0.15, 0.2) is 0 Å². The largest absolute Gasteiger partial charge is 0.661 e. The van der Waals surface area contributed by atoms with Gasteiger partial charge in [-0.25, -0.2) is 0 Å². The van der Waals surface area contributed by atoms with Gasteiger partial charge in [-0.1, -0.05) is 32.0 Å². The third-order valence-electron chi connectivity index (χ3n) is 1.33. The van der Waals surface area contributed by atoms with E-state index in [2.05, 4.69) is 44.2 Å². The molecule has 0 amide bonds. The molecule has 0 atom stereocenters. The molecule has 0 unspecified atom stereocenters. The van der Waals surface area contributed by atoms with Gasteiger partial charge in [-0.05, 0) is 18.1 Å². The van der Waals surface area contributed by atoms with E-state index in [0.717, 1.165) is 5.92 Å². The SMILES string of the molecule is CC(C)CSc1ccccc1.F[S+](F)F. The maximum Gasteiger partial charge on any atom is 0.661 e. The molecule has 1 aromatic rings. The van der Waals surface area contributed by atoms with E-state index in [1.165, 1.54) is 10.6 Å². The first-order valence-corrected chi connectivity index (χ1v) is 6.34.